The summed E-state index contributed by atoms with van der Waals surface area (Å²) in [6.45, 7) is 0.373. The molecule has 0 aliphatic heterocycles. The van der Waals surface area contributed by atoms with Gasteiger partial charge in [0, 0.05) is 30.6 Å². The second-order valence-electron chi connectivity index (χ2n) is 6.60. The molecule has 3 N–H and O–H groups in total. The lowest BCUT2D eigenvalue weighted by Crippen LogP contribution is -2.31. The minimum absolute atomic E-state index is 0.0977. The topological polar surface area (TPSA) is 87.6 Å². The third-order valence-electron chi connectivity index (χ3n) is 4.57. The highest BCUT2D eigenvalue weighted by Gasteiger charge is 2.20. The van der Waals surface area contributed by atoms with Crippen molar-refractivity contribution >= 4 is 16.8 Å². The number of nitrogens with zero attached hydrogens (tertiary/aromatic N) is 3. The number of carbonyl (C=O) groups excluding carboxylic acids is 1. The van der Waals surface area contributed by atoms with Crippen molar-refractivity contribution in [1.82, 2.24) is 30.6 Å². The summed E-state index contributed by atoms with van der Waals surface area (Å²) in [7, 11) is 1.53. The van der Waals surface area contributed by atoms with E-state index in [2.05, 4.69) is 25.9 Å². The Morgan fingerprint density at radius 1 is 1.13 bits per heavy atom. The van der Waals surface area contributed by atoms with E-state index in [0.717, 1.165) is 6.07 Å². The molecule has 0 aliphatic carbocycles. The molecule has 7 nitrogen and oxygen atoms in total. The number of aromatic nitrogens is 4. The molecular formula is C20H17F3N6O. The van der Waals surface area contributed by atoms with Crippen molar-refractivity contribution in [2.75, 3.05) is 13.6 Å². The highest BCUT2D eigenvalue weighted by Crippen LogP contribution is 2.34. The minimum atomic E-state index is -0.757. The number of nitrogens with one attached hydrogen (secondary N) is 3. The SMILES string of the molecule is CNC(=O)CNCc1cn(-c2c(-c3ccc(F)cc3)[nH]c3c(F)cc(F)cc23)nn1. The van der Waals surface area contributed by atoms with E-state index in [4.69, 9.17) is 0 Å². The maximum Gasteiger partial charge on any atom is 0.233 e. The van der Waals surface area contributed by atoms with Gasteiger partial charge in [0.15, 0.2) is 0 Å². The van der Waals surface area contributed by atoms with E-state index in [0.29, 0.717) is 22.6 Å². The number of rotatable bonds is 6. The van der Waals surface area contributed by atoms with Crippen LogP contribution >= 0.6 is 0 Å². The van der Waals surface area contributed by atoms with E-state index < -0.39 is 17.5 Å². The van der Waals surface area contributed by atoms with Crippen LogP contribution in [-0.2, 0) is 11.3 Å². The summed E-state index contributed by atoms with van der Waals surface area (Å²) in [5.41, 5.74) is 2.00. The molecule has 2 aromatic carbocycles. The van der Waals surface area contributed by atoms with Crippen LogP contribution in [0.4, 0.5) is 13.2 Å². The number of halogens is 3. The molecule has 0 atom stereocenters. The zero-order valence-corrected chi connectivity index (χ0v) is 15.8. The molecule has 30 heavy (non-hydrogen) atoms. The first kappa shape index (κ1) is 19.6. The zero-order valence-electron chi connectivity index (χ0n) is 15.8. The molecule has 4 rings (SSSR count). The molecule has 2 aromatic heterocycles. The van der Waals surface area contributed by atoms with Gasteiger partial charge in [-0.05, 0) is 30.3 Å². The Labute approximate surface area is 168 Å². The van der Waals surface area contributed by atoms with Gasteiger partial charge in [0.05, 0.1) is 35.3 Å². The molecule has 0 spiro atoms. The van der Waals surface area contributed by atoms with E-state index in [1.54, 1.807) is 6.20 Å². The molecule has 10 heteroatoms. The van der Waals surface area contributed by atoms with E-state index in [-0.39, 0.29) is 29.9 Å². The number of H-pyrrole nitrogens is 1. The molecule has 0 unspecified atom stereocenters. The lowest BCUT2D eigenvalue weighted by Gasteiger charge is -2.05. The summed E-state index contributed by atoms with van der Waals surface area (Å²) < 4.78 is 43.1. The summed E-state index contributed by atoms with van der Waals surface area (Å²) in [4.78, 5) is 14.3. The quantitative estimate of drug-likeness (QED) is 0.453. The van der Waals surface area contributed by atoms with Gasteiger partial charge in [-0.1, -0.05) is 5.21 Å². The van der Waals surface area contributed by atoms with Crippen molar-refractivity contribution in [1.29, 1.82) is 0 Å². The van der Waals surface area contributed by atoms with Gasteiger partial charge in [0.25, 0.3) is 0 Å². The van der Waals surface area contributed by atoms with Crippen molar-refractivity contribution in [3.8, 4) is 16.9 Å². The van der Waals surface area contributed by atoms with Crippen LogP contribution in [0.15, 0.2) is 42.6 Å². The smallest absolute Gasteiger partial charge is 0.233 e. The van der Waals surface area contributed by atoms with E-state index >= 15 is 0 Å². The number of hydrogen-bond donors (Lipinski definition) is 3. The van der Waals surface area contributed by atoms with Crippen molar-refractivity contribution in [2.45, 2.75) is 6.54 Å². The van der Waals surface area contributed by atoms with E-state index in [9.17, 15) is 18.0 Å². The second-order valence-corrected chi connectivity index (χ2v) is 6.60. The Balaban J connectivity index is 1.78. The number of amides is 1. The Kier molecular flexibility index (Phi) is 5.23. The normalized spacial score (nSPS) is 11.2. The Bertz CT molecular complexity index is 1220. The van der Waals surface area contributed by atoms with Gasteiger partial charge >= 0.3 is 0 Å². The van der Waals surface area contributed by atoms with Crippen LogP contribution in [0.5, 0.6) is 0 Å². The van der Waals surface area contributed by atoms with Gasteiger partial charge in [0.1, 0.15) is 17.5 Å². The zero-order chi connectivity index (χ0) is 21.3. The number of aromatic amines is 1. The molecule has 1 amide bonds. The lowest BCUT2D eigenvalue weighted by molar-refractivity contribution is -0.119. The first-order valence-corrected chi connectivity index (χ1v) is 9.06. The van der Waals surface area contributed by atoms with Crippen molar-refractivity contribution in [2.24, 2.45) is 0 Å². The molecule has 0 radical (unpaired) electrons. The first-order valence-electron chi connectivity index (χ1n) is 9.06. The predicted molar refractivity (Wildman–Crippen MR) is 104 cm³/mol. The molecule has 0 saturated carbocycles. The fourth-order valence-electron chi connectivity index (χ4n) is 3.15. The maximum absolute atomic E-state index is 14.4. The number of likely N-dealkylation sites (N-methyl/N-ethyl adjacent to an activating group) is 1. The van der Waals surface area contributed by atoms with Crippen LogP contribution in [0.25, 0.3) is 27.8 Å². The van der Waals surface area contributed by atoms with Gasteiger partial charge in [-0.3, -0.25) is 4.79 Å². The van der Waals surface area contributed by atoms with E-state index in [1.165, 1.54) is 42.1 Å². The summed E-state index contributed by atoms with van der Waals surface area (Å²) in [5, 5.41) is 13.8. The summed E-state index contributed by atoms with van der Waals surface area (Å²) in [5.74, 6) is -2.09. The third kappa shape index (κ3) is 3.77. The average Bonchev–Trinajstić information content (AvgIpc) is 3.33. The summed E-state index contributed by atoms with van der Waals surface area (Å²) >= 11 is 0. The monoisotopic (exact) mass is 414 g/mol. The second kappa shape index (κ2) is 7.99. The minimum Gasteiger partial charge on any atom is -0.358 e. The van der Waals surface area contributed by atoms with Crippen LogP contribution in [0, 0.1) is 17.5 Å². The average molecular weight is 414 g/mol. The van der Waals surface area contributed by atoms with Crippen molar-refractivity contribution in [3.63, 3.8) is 0 Å². The lowest BCUT2D eigenvalue weighted by atomic mass is 10.1. The number of carbonyl (C=O) groups is 1. The number of fused-ring (bicyclic) bond motifs is 1. The highest BCUT2D eigenvalue weighted by molar-refractivity contribution is 5.96. The van der Waals surface area contributed by atoms with Gasteiger partial charge in [-0.15, -0.1) is 5.10 Å². The van der Waals surface area contributed by atoms with Crippen LogP contribution in [0.2, 0.25) is 0 Å². The summed E-state index contributed by atoms with van der Waals surface area (Å²) in [6.07, 6.45) is 1.59. The Morgan fingerprint density at radius 2 is 1.90 bits per heavy atom. The molecule has 154 valence electrons. The van der Waals surface area contributed by atoms with Gasteiger partial charge in [-0.2, -0.15) is 0 Å². The Hall–Kier alpha value is -3.66. The molecule has 0 saturated heterocycles. The van der Waals surface area contributed by atoms with Crippen LogP contribution in [0.3, 0.4) is 0 Å². The van der Waals surface area contributed by atoms with Crippen molar-refractivity contribution < 1.29 is 18.0 Å². The van der Waals surface area contributed by atoms with Gasteiger partial charge < -0.3 is 15.6 Å². The molecule has 2 heterocycles. The molecule has 0 fully saturated rings. The fourth-order valence-corrected chi connectivity index (χ4v) is 3.15. The summed E-state index contributed by atoms with van der Waals surface area (Å²) in [6, 6.07) is 7.59. The Morgan fingerprint density at radius 3 is 2.63 bits per heavy atom. The predicted octanol–water partition coefficient (Wildman–Crippen LogP) is 2.67. The van der Waals surface area contributed by atoms with Gasteiger partial charge in [0.2, 0.25) is 5.91 Å². The molecule has 4 aromatic rings. The first-order chi connectivity index (χ1) is 14.5. The maximum atomic E-state index is 14.4. The largest absolute Gasteiger partial charge is 0.358 e. The third-order valence-corrected chi connectivity index (χ3v) is 4.57. The van der Waals surface area contributed by atoms with Crippen LogP contribution in [-0.4, -0.2) is 39.5 Å². The standard InChI is InChI=1S/C20H17F3N6O/c1-24-17(30)9-25-8-14-10-29(28-27-14)20-15-6-13(22)7-16(23)19(15)26-18(20)11-2-4-12(21)5-3-11/h2-7,10,25-26H,8-9H2,1H3,(H,24,30). The van der Waals surface area contributed by atoms with Gasteiger partial charge in [-0.25, -0.2) is 17.9 Å². The molecule has 0 bridgehead atoms. The van der Waals surface area contributed by atoms with Crippen LogP contribution in [0.1, 0.15) is 5.69 Å². The van der Waals surface area contributed by atoms with E-state index in [1.807, 2.05) is 0 Å². The molecular weight excluding hydrogens is 397 g/mol. The number of hydrogen-bond acceptors (Lipinski definition) is 4. The van der Waals surface area contributed by atoms with Crippen LogP contribution < -0.4 is 10.6 Å². The highest BCUT2D eigenvalue weighted by atomic mass is 19.1. The number of benzene rings is 2. The van der Waals surface area contributed by atoms with Crippen molar-refractivity contribution in [3.05, 3.63) is 65.7 Å². The fraction of sp³-hybridized carbons (Fsp3) is 0.150. The molecule has 0 aliphatic rings.